The van der Waals surface area contributed by atoms with Crippen LogP contribution in [0, 0.1) is 11.6 Å². The second kappa shape index (κ2) is 6.27. The summed E-state index contributed by atoms with van der Waals surface area (Å²) in [6.45, 7) is -0.221. The number of benzene rings is 1. The highest BCUT2D eigenvalue weighted by Crippen LogP contribution is 2.22. The third-order valence-electron chi connectivity index (χ3n) is 2.08. The molecule has 0 amide bonds. The summed E-state index contributed by atoms with van der Waals surface area (Å²) >= 11 is 0. The van der Waals surface area contributed by atoms with E-state index in [-0.39, 0.29) is 25.2 Å². The second-order valence-corrected chi connectivity index (χ2v) is 3.31. The molecule has 0 heterocycles. The van der Waals surface area contributed by atoms with Crippen molar-refractivity contribution in [3.05, 3.63) is 35.4 Å². The molecule has 1 aromatic rings. The van der Waals surface area contributed by atoms with E-state index in [0.717, 1.165) is 12.1 Å². The molecule has 0 aliphatic heterocycles. The third kappa shape index (κ3) is 3.47. The van der Waals surface area contributed by atoms with Crippen molar-refractivity contribution in [1.82, 2.24) is 0 Å². The van der Waals surface area contributed by atoms with Crippen molar-refractivity contribution in [2.24, 2.45) is 0 Å². The van der Waals surface area contributed by atoms with Crippen molar-refractivity contribution in [2.45, 2.75) is 12.5 Å². The number of hydrogen-bond donors (Lipinski definition) is 2. The summed E-state index contributed by atoms with van der Waals surface area (Å²) in [4.78, 5) is 10.9. The zero-order valence-electron chi connectivity index (χ0n) is 8.90. The van der Waals surface area contributed by atoms with Crippen LogP contribution >= 0.6 is 0 Å². The molecule has 2 N–H and O–H groups in total. The number of aliphatic carboxylic acids is 1. The molecule has 0 saturated carbocycles. The SMILES string of the molecule is O=C(O)C(OCCCO)c1cccc(F)c1F. The fourth-order valence-corrected chi connectivity index (χ4v) is 1.28. The number of halogens is 2. The first-order valence-electron chi connectivity index (χ1n) is 4.97. The van der Waals surface area contributed by atoms with E-state index in [2.05, 4.69) is 0 Å². The van der Waals surface area contributed by atoms with Gasteiger partial charge in [-0.3, -0.25) is 0 Å². The van der Waals surface area contributed by atoms with E-state index in [1.165, 1.54) is 6.07 Å². The zero-order chi connectivity index (χ0) is 12.8. The fraction of sp³-hybridized carbons (Fsp3) is 0.364. The summed E-state index contributed by atoms with van der Waals surface area (Å²) in [5.74, 6) is -3.77. The minimum Gasteiger partial charge on any atom is -0.479 e. The summed E-state index contributed by atoms with van der Waals surface area (Å²) in [7, 11) is 0. The molecule has 1 unspecified atom stereocenters. The Kier molecular flexibility index (Phi) is 4.99. The average molecular weight is 246 g/mol. The molecule has 1 aromatic carbocycles. The molecule has 0 aromatic heterocycles. The Balaban J connectivity index is 2.90. The summed E-state index contributed by atoms with van der Waals surface area (Å²) in [6.07, 6.45) is -1.35. The number of rotatable bonds is 6. The van der Waals surface area contributed by atoms with Gasteiger partial charge in [-0.1, -0.05) is 12.1 Å². The molecular weight excluding hydrogens is 234 g/mol. The van der Waals surface area contributed by atoms with Crippen molar-refractivity contribution in [3.8, 4) is 0 Å². The van der Waals surface area contributed by atoms with Crippen molar-refractivity contribution >= 4 is 5.97 Å². The van der Waals surface area contributed by atoms with Crippen LogP contribution in [0.4, 0.5) is 8.78 Å². The third-order valence-corrected chi connectivity index (χ3v) is 2.08. The molecular formula is C11H12F2O4. The van der Waals surface area contributed by atoms with Gasteiger partial charge in [-0.2, -0.15) is 0 Å². The molecule has 0 saturated heterocycles. The fourth-order valence-electron chi connectivity index (χ4n) is 1.28. The van der Waals surface area contributed by atoms with Crippen LogP contribution < -0.4 is 0 Å². The highest BCUT2D eigenvalue weighted by Gasteiger charge is 2.25. The minimum absolute atomic E-state index is 0.0522. The van der Waals surface area contributed by atoms with E-state index in [1.807, 2.05) is 0 Å². The van der Waals surface area contributed by atoms with Gasteiger partial charge in [0.05, 0.1) is 6.61 Å². The molecule has 94 valence electrons. The lowest BCUT2D eigenvalue weighted by atomic mass is 10.1. The first kappa shape index (κ1) is 13.5. The predicted octanol–water partition coefficient (Wildman–Crippen LogP) is 1.49. The number of carboxylic acids is 1. The number of carbonyl (C=O) groups is 1. The van der Waals surface area contributed by atoms with E-state index in [1.54, 1.807) is 0 Å². The van der Waals surface area contributed by atoms with Gasteiger partial charge < -0.3 is 14.9 Å². The minimum atomic E-state index is -1.57. The van der Waals surface area contributed by atoms with Crippen LogP contribution in [0.25, 0.3) is 0 Å². The molecule has 0 bridgehead atoms. The molecule has 17 heavy (non-hydrogen) atoms. The van der Waals surface area contributed by atoms with Gasteiger partial charge in [0.15, 0.2) is 17.7 Å². The molecule has 0 spiro atoms. The first-order chi connectivity index (χ1) is 8.07. The van der Waals surface area contributed by atoms with E-state index in [0.29, 0.717) is 0 Å². The molecule has 0 radical (unpaired) electrons. The maximum Gasteiger partial charge on any atom is 0.337 e. The van der Waals surface area contributed by atoms with E-state index < -0.39 is 23.7 Å². The number of hydrogen-bond acceptors (Lipinski definition) is 3. The van der Waals surface area contributed by atoms with Gasteiger partial charge >= 0.3 is 5.97 Å². The summed E-state index contributed by atoms with van der Waals surface area (Å²) < 4.78 is 31.2. The van der Waals surface area contributed by atoms with Crippen LogP contribution in [0.1, 0.15) is 18.1 Å². The Morgan fingerprint density at radius 2 is 2.12 bits per heavy atom. The Labute approximate surface area is 96.5 Å². The van der Waals surface area contributed by atoms with Crippen LogP contribution in [0.3, 0.4) is 0 Å². The standard InChI is InChI=1S/C11H12F2O4/c12-8-4-1-3-7(9(8)13)10(11(15)16)17-6-2-5-14/h1,3-4,10,14H,2,5-6H2,(H,15,16). The maximum atomic E-state index is 13.4. The van der Waals surface area contributed by atoms with Crippen LogP contribution in [0.5, 0.6) is 0 Å². The molecule has 4 nitrogen and oxygen atoms in total. The molecule has 0 aliphatic carbocycles. The molecule has 1 rings (SSSR count). The maximum absolute atomic E-state index is 13.4. The number of carboxylic acid groups (broad SMARTS) is 1. The predicted molar refractivity (Wildman–Crippen MR) is 54.4 cm³/mol. The molecule has 6 heteroatoms. The van der Waals surface area contributed by atoms with Gasteiger partial charge in [-0.05, 0) is 12.5 Å². The van der Waals surface area contributed by atoms with Crippen LogP contribution in [-0.2, 0) is 9.53 Å². The second-order valence-electron chi connectivity index (χ2n) is 3.31. The Morgan fingerprint density at radius 1 is 1.41 bits per heavy atom. The quantitative estimate of drug-likeness (QED) is 0.746. The largest absolute Gasteiger partial charge is 0.479 e. The molecule has 0 aliphatic rings. The van der Waals surface area contributed by atoms with Gasteiger partial charge in [-0.15, -0.1) is 0 Å². The van der Waals surface area contributed by atoms with E-state index >= 15 is 0 Å². The average Bonchev–Trinajstić information content (AvgIpc) is 2.29. The van der Waals surface area contributed by atoms with Gasteiger partial charge in [0, 0.05) is 12.2 Å². The van der Waals surface area contributed by atoms with Crippen molar-refractivity contribution < 1.29 is 28.5 Å². The number of aliphatic hydroxyl groups is 1. The Bertz CT molecular complexity index is 395. The van der Waals surface area contributed by atoms with Crippen LogP contribution in [0.2, 0.25) is 0 Å². The Morgan fingerprint density at radius 3 is 2.71 bits per heavy atom. The first-order valence-corrected chi connectivity index (χ1v) is 4.97. The summed E-state index contributed by atoms with van der Waals surface area (Å²) in [5, 5.41) is 17.4. The van der Waals surface area contributed by atoms with Crippen molar-refractivity contribution in [1.29, 1.82) is 0 Å². The van der Waals surface area contributed by atoms with Crippen LogP contribution in [0.15, 0.2) is 18.2 Å². The number of ether oxygens (including phenoxy) is 1. The number of aliphatic hydroxyl groups excluding tert-OH is 1. The van der Waals surface area contributed by atoms with Crippen LogP contribution in [-0.4, -0.2) is 29.4 Å². The lowest BCUT2D eigenvalue weighted by Crippen LogP contribution is -2.18. The summed E-state index contributed by atoms with van der Waals surface area (Å²) in [5.41, 5.74) is -0.365. The highest BCUT2D eigenvalue weighted by atomic mass is 19.2. The smallest absolute Gasteiger partial charge is 0.337 e. The van der Waals surface area contributed by atoms with Gasteiger partial charge in [-0.25, -0.2) is 13.6 Å². The normalized spacial score (nSPS) is 12.4. The highest BCUT2D eigenvalue weighted by molar-refractivity contribution is 5.74. The lowest BCUT2D eigenvalue weighted by molar-refractivity contribution is -0.151. The summed E-state index contributed by atoms with van der Waals surface area (Å²) in [6, 6.07) is 3.25. The monoisotopic (exact) mass is 246 g/mol. The lowest BCUT2D eigenvalue weighted by Gasteiger charge is -2.14. The van der Waals surface area contributed by atoms with E-state index in [4.69, 9.17) is 14.9 Å². The van der Waals surface area contributed by atoms with Gasteiger partial charge in [0.25, 0.3) is 0 Å². The zero-order valence-corrected chi connectivity index (χ0v) is 8.90. The topological polar surface area (TPSA) is 66.8 Å². The van der Waals surface area contributed by atoms with Gasteiger partial charge in [0.1, 0.15) is 0 Å². The van der Waals surface area contributed by atoms with Gasteiger partial charge in [0.2, 0.25) is 0 Å². The van der Waals surface area contributed by atoms with E-state index in [9.17, 15) is 13.6 Å². The van der Waals surface area contributed by atoms with Crippen molar-refractivity contribution in [3.63, 3.8) is 0 Å². The van der Waals surface area contributed by atoms with Crippen molar-refractivity contribution in [2.75, 3.05) is 13.2 Å². The molecule has 0 fully saturated rings. The Hall–Kier alpha value is -1.53. The molecule has 1 atom stereocenters.